The van der Waals surface area contributed by atoms with Gasteiger partial charge in [0.05, 0.1) is 11.4 Å². The Kier molecular flexibility index (Phi) is 4.55. The Bertz CT molecular complexity index is 895. The van der Waals surface area contributed by atoms with E-state index < -0.39 is 10.0 Å². The normalized spacial score (nSPS) is 14.8. The zero-order valence-corrected chi connectivity index (χ0v) is 15.4. The summed E-state index contributed by atoms with van der Waals surface area (Å²) >= 11 is 0. The van der Waals surface area contributed by atoms with Crippen LogP contribution in [0.25, 0.3) is 0 Å². The van der Waals surface area contributed by atoms with Crippen LogP contribution in [0.15, 0.2) is 29.2 Å². The van der Waals surface area contributed by atoms with Crippen molar-refractivity contribution in [3.05, 3.63) is 41.2 Å². The van der Waals surface area contributed by atoms with Gasteiger partial charge in [0.25, 0.3) is 15.9 Å². The van der Waals surface area contributed by atoms with Gasteiger partial charge in [0.2, 0.25) is 0 Å². The lowest BCUT2D eigenvalue weighted by Crippen LogP contribution is -2.27. The van der Waals surface area contributed by atoms with Gasteiger partial charge in [-0.15, -0.1) is 0 Å². The summed E-state index contributed by atoms with van der Waals surface area (Å²) in [5.41, 5.74) is 2.01. The van der Waals surface area contributed by atoms with Crippen LogP contribution in [0, 0.1) is 13.8 Å². The SMILES string of the molecule is Cc1nn(C)c(C)c1S(=O)(=O)Nc1ccc(C(=O)N2CCCC2)cc1. The molecule has 8 heteroatoms. The second-order valence-corrected chi connectivity index (χ2v) is 7.92. The van der Waals surface area contributed by atoms with E-state index in [-0.39, 0.29) is 10.8 Å². The lowest BCUT2D eigenvalue weighted by atomic mass is 10.2. The number of carbonyl (C=O) groups is 1. The number of aryl methyl sites for hydroxylation is 2. The van der Waals surface area contributed by atoms with Crippen LogP contribution in [-0.2, 0) is 17.1 Å². The molecule has 1 amide bonds. The molecule has 0 spiro atoms. The molecule has 0 unspecified atom stereocenters. The minimum atomic E-state index is -3.73. The Labute approximate surface area is 147 Å². The third-order valence-electron chi connectivity index (χ3n) is 4.49. The highest BCUT2D eigenvalue weighted by molar-refractivity contribution is 7.92. The third kappa shape index (κ3) is 3.39. The van der Waals surface area contributed by atoms with Crippen LogP contribution in [0.1, 0.15) is 34.6 Å². The first-order chi connectivity index (χ1) is 11.8. The van der Waals surface area contributed by atoms with Gasteiger partial charge in [-0.1, -0.05) is 0 Å². The van der Waals surface area contributed by atoms with E-state index >= 15 is 0 Å². The highest BCUT2D eigenvalue weighted by atomic mass is 32.2. The number of benzene rings is 1. The molecule has 1 aliphatic heterocycles. The molecule has 0 bridgehead atoms. The topological polar surface area (TPSA) is 84.3 Å². The summed E-state index contributed by atoms with van der Waals surface area (Å²) < 4.78 is 29.4. The standard InChI is InChI=1S/C17H22N4O3S/c1-12-16(13(2)20(3)18-12)25(23,24)19-15-8-6-14(7-9-15)17(22)21-10-4-5-11-21/h6-9,19H,4-5,10-11H2,1-3H3. The molecule has 1 fully saturated rings. The summed E-state index contributed by atoms with van der Waals surface area (Å²) in [6.45, 7) is 4.95. The van der Waals surface area contributed by atoms with Crippen molar-refractivity contribution in [3.63, 3.8) is 0 Å². The first-order valence-corrected chi connectivity index (χ1v) is 9.70. The van der Waals surface area contributed by atoms with Crippen molar-refractivity contribution in [2.45, 2.75) is 31.6 Å². The molecule has 1 N–H and O–H groups in total. The van der Waals surface area contributed by atoms with Crippen molar-refractivity contribution >= 4 is 21.6 Å². The lowest BCUT2D eigenvalue weighted by Gasteiger charge is -2.15. The maximum atomic E-state index is 12.6. The molecule has 1 saturated heterocycles. The number of anilines is 1. The summed E-state index contributed by atoms with van der Waals surface area (Å²) in [6.07, 6.45) is 2.07. The average molecular weight is 362 g/mol. The van der Waals surface area contributed by atoms with Crippen molar-refractivity contribution in [1.82, 2.24) is 14.7 Å². The van der Waals surface area contributed by atoms with Crippen LogP contribution in [0.3, 0.4) is 0 Å². The Balaban J connectivity index is 1.80. The molecular formula is C17H22N4O3S. The molecule has 7 nitrogen and oxygen atoms in total. The predicted molar refractivity (Wildman–Crippen MR) is 95.1 cm³/mol. The van der Waals surface area contributed by atoms with Crippen LogP contribution in [-0.4, -0.2) is 42.1 Å². The largest absolute Gasteiger partial charge is 0.339 e. The van der Waals surface area contributed by atoms with E-state index in [0.29, 0.717) is 22.6 Å². The average Bonchev–Trinajstić information content (AvgIpc) is 3.16. The van der Waals surface area contributed by atoms with Crippen LogP contribution < -0.4 is 4.72 Å². The summed E-state index contributed by atoms with van der Waals surface area (Å²) in [7, 11) is -2.02. The maximum Gasteiger partial charge on any atom is 0.265 e. The van der Waals surface area contributed by atoms with Crippen molar-refractivity contribution in [1.29, 1.82) is 0 Å². The first-order valence-electron chi connectivity index (χ1n) is 8.22. The van der Waals surface area contributed by atoms with Gasteiger partial charge in [0.15, 0.2) is 0 Å². The van der Waals surface area contributed by atoms with Crippen LogP contribution in [0.5, 0.6) is 0 Å². The third-order valence-corrected chi connectivity index (χ3v) is 6.12. The molecule has 2 heterocycles. The van der Waals surface area contributed by atoms with E-state index in [0.717, 1.165) is 25.9 Å². The molecule has 2 aromatic rings. The van der Waals surface area contributed by atoms with Crippen molar-refractivity contribution in [2.24, 2.45) is 7.05 Å². The van der Waals surface area contributed by atoms with Crippen molar-refractivity contribution in [3.8, 4) is 0 Å². The van der Waals surface area contributed by atoms with E-state index in [4.69, 9.17) is 0 Å². The highest BCUT2D eigenvalue weighted by Gasteiger charge is 2.24. The van der Waals surface area contributed by atoms with Gasteiger partial charge in [-0.2, -0.15) is 5.10 Å². The van der Waals surface area contributed by atoms with Gasteiger partial charge in [0, 0.05) is 31.4 Å². The maximum absolute atomic E-state index is 12.6. The highest BCUT2D eigenvalue weighted by Crippen LogP contribution is 2.23. The summed E-state index contributed by atoms with van der Waals surface area (Å²) in [6, 6.07) is 6.53. The number of hydrogen-bond donors (Lipinski definition) is 1. The molecule has 0 radical (unpaired) electrons. The molecule has 134 valence electrons. The van der Waals surface area contributed by atoms with E-state index in [1.54, 1.807) is 49.8 Å². The summed E-state index contributed by atoms with van der Waals surface area (Å²) in [5.74, 6) is -0.00847. The molecule has 1 aromatic carbocycles. The van der Waals surface area contributed by atoms with E-state index in [1.165, 1.54) is 0 Å². The number of carbonyl (C=O) groups excluding carboxylic acids is 1. The summed E-state index contributed by atoms with van der Waals surface area (Å²) in [4.78, 5) is 14.3. The summed E-state index contributed by atoms with van der Waals surface area (Å²) in [5, 5.41) is 4.15. The molecular weight excluding hydrogens is 340 g/mol. The van der Waals surface area contributed by atoms with Crippen molar-refractivity contribution in [2.75, 3.05) is 17.8 Å². The monoisotopic (exact) mass is 362 g/mol. The molecule has 0 atom stereocenters. The lowest BCUT2D eigenvalue weighted by molar-refractivity contribution is 0.0793. The predicted octanol–water partition coefficient (Wildman–Crippen LogP) is 2.07. The number of amides is 1. The van der Waals surface area contributed by atoms with Gasteiger partial charge in [-0.3, -0.25) is 14.2 Å². The van der Waals surface area contributed by atoms with Crippen LogP contribution in [0.2, 0.25) is 0 Å². The number of sulfonamides is 1. The molecule has 1 aromatic heterocycles. The quantitative estimate of drug-likeness (QED) is 0.902. The van der Waals surface area contributed by atoms with Crippen LogP contribution in [0.4, 0.5) is 5.69 Å². The Hall–Kier alpha value is -2.35. The Morgan fingerprint density at radius 1 is 1.12 bits per heavy atom. The fraction of sp³-hybridized carbons (Fsp3) is 0.412. The Morgan fingerprint density at radius 3 is 2.24 bits per heavy atom. The number of rotatable bonds is 4. The number of hydrogen-bond acceptors (Lipinski definition) is 4. The second kappa shape index (κ2) is 6.51. The van der Waals surface area contributed by atoms with E-state index in [1.807, 2.05) is 4.90 Å². The van der Waals surface area contributed by atoms with Gasteiger partial charge >= 0.3 is 0 Å². The minimum absolute atomic E-state index is 0.00847. The molecule has 1 aliphatic rings. The number of nitrogens with one attached hydrogen (secondary N) is 1. The fourth-order valence-corrected chi connectivity index (χ4v) is 4.63. The molecule has 0 aliphatic carbocycles. The molecule has 0 saturated carbocycles. The number of aromatic nitrogens is 2. The Morgan fingerprint density at radius 2 is 1.72 bits per heavy atom. The number of nitrogens with zero attached hydrogens (tertiary/aromatic N) is 3. The molecule has 3 rings (SSSR count). The van der Waals surface area contributed by atoms with Gasteiger partial charge in [0.1, 0.15) is 4.90 Å². The minimum Gasteiger partial charge on any atom is -0.339 e. The first kappa shape index (κ1) is 17.5. The van der Waals surface area contributed by atoms with E-state index in [9.17, 15) is 13.2 Å². The van der Waals surface area contributed by atoms with Crippen molar-refractivity contribution < 1.29 is 13.2 Å². The smallest absolute Gasteiger partial charge is 0.265 e. The van der Waals surface area contributed by atoms with Crippen LogP contribution >= 0.6 is 0 Å². The van der Waals surface area contributed by atoms with Gasteiger partial charge in [-0.05, 0) is 51.0 Å². The van der Waals surface area contributed by atoms with Gasteiger partial charge in [-0.25, -0.2) is 8.42 Å². The zero-order chi connectivity index (χ0) is 18.2. The van der Waals surface area contributed by atoms with Gasteiger partial charge < -0.3 is 4.90 Å². The number of likely N-dealkylation sites (tertiary alicyclic amines) is 1. The van der Waals surface area contributed by atoms with E-state index in [2.05, 4.69) is 9.82 Å². The fourth-order valence-electron chi connectivity index (χ4n) is 3.13. The zero-order valence-electron chi connectivity index (χ0n) is 14.6. The second-order valence-electron chi connectivity index (χ2n) is 6.31. The molecule has 25 heavy (non-hydrogen) atoms.